The molecule has 0 aromatic rings. The maximum absolute atomic E-state index is 12.9. The first-order chi connectivity index (χ1) is 9.88. The Kier molecular flexibility index (Phi) is 5.78. The van der Waals surface area contributed by atoms with Gasteiger partial charge in [-0.05, 0) is 38.5 Å². The van der Waals surface area contributed by atoms with E-state index in [4.69, 9.17) is 10.5 Å². The fraction of sp³-hybridized carbons (Fsp3) is 1.00. The van der Waals surface area contributed by atoms with Crippen LogP contribution in [0.4, 0.5) is 0 Å². The van der Waals surface area contributed by atoms with E-state index in [2.05, 4.69) is 0 Å². The highest BCUT2D eigenvalue weighted by atomic mass is 35.5. The summed E-state index contributed by atoms with van der Waals surface area (Å²) in [5.41, 5.74) is 6.19. The first-order valence-corrected chi connectivity index (χ1v) is 9.44. The second-order valence-corrected chi connectivity index (χ2v) is 8.85. The zero-order valence-electron chi connectivity index (χ0n) is 13.3. The van der Waals surface area contributed by atoms with Gasteiger partial charge >= 0.3 is 0 Å². The third-order valence-electron chi connectivity index (χ3n) is 5.16. The molecule has 8 heteroatoms. The van der Waals surface area contributed by atoms with Crippen LogP contribution in [0.2, 0.25) is 0 Å². The molecule has 6 nitrogen and oxygen atoms in total. The molecule has 2 aliphatic heterocycles. The van der Waals surface area contributed by atoms with Crippen LogP contribution in [0, 0.1) is 11.8 Å². The molecule has 2 heterocycles. The van der Waals surface area contributed by atoms with E-state index >= 15 is 0 Å². The molecular formula is C14H28ClN3O3S. The predicted molar refractivity (Wildman–Crippen MR) is 88.1 cm³/mol. The molecule has 0 amide bonds. The van der Waals surface area contributed by atoms with E-state index in [-0.39, 0.29) is 30.7 Å². The molecule has 3 aliphatic rings. The topological polar surface area (TPSA) is 75.9 Å². The van der Waals surface area contributed by atoms with Gasteiger partial charge in [-0.15, -0.1) is 12.4 Å². The molecule has 22 heavy (non-hydrogen) atoms. The summed E-state index contributed by atoms with van der Waals surface area (Å²) < 4.78 is 34.7. The minimum Gasteiger partial charge on any atom is -0.373 e. The van der Waals surface area contributed by atoms with Crippen molar-refractivity contribution in [2.24, 2.45) is 17.6 Å². The lowest BCUT2D eigenvalue weighted by atomic mass is 9.78. The number of hydrogen-bond acceptors (Lipinski definition) is 4. The van der Waals surface area contributed by atoms with E-state index in [0.717, 1.165) is 19.3 Å². The molecular weight excluding hydrogens is 326 g/mol. The average Bonchev–Trinajstić information content (AvgIpc) is 2.83. The fourth-order valence-corrected chi connectivity index (χ4v) is 6.01. The number of fused-ring (bicyclic) bond motifs is 1. The Labute approximate surface area is 139 Å². The highest BCUT2D eigenvalue weighted by molar-refractivity contribution is 7.86. The predicted octanol–water partition coefficient (Wildman–Crippen LogP) is 0.821. The van der Waals surface area contributed by atoms with Crippen LogP contribution in [0.25, 0.3) is 0 Å². The molecule has 3 fully saturated rings. The Morgan fingerprint density at radius 2 is 1.59 bits per heavy atom. The molecule has 1 aliphatic carbocycles. The Hall–Kier alpha value is 0.0800. The zero-order valence-corrected chi connectivity index (χ0v) is 15.0. The minimum atomic E-state index is -3.38. The molecule has 3 rings (SSSR count). The van der Waals surface area contributed by atoms with Crippen molar-refractivity contribution in [1.29, 1.82) is 0 Å². The van der Waals surface area contributed by atoms with Crippen molar-refractivity contribution in [1.82, 2.24) is 8.61 Å². The summed E-state index contributed by atoms with van der Waals surface area (Å²) in [6.07, 6.45) is 3.18. The van der Waals surface area contributed by atoms with Gasteiger partial charge in [0.25, 0.3) is 10.2 Å². The van der Waals surface area contributed by atoms with Gasteiger partial charge in [-0.2, -0.15) is 17.0 Å². The number of nitrogens with two attached hydrogens (primary N) is 1. The third kappa shape index (κ3) is 3.44. The van der Waals surface area contributed by atoms with Crippen LogP contribution in [0.3, 0.4) is 0 Å². The first kappa shape index (κ1) is 18.4. The van der Waals surface area contributed by atoms with Gasteiger partial charge in [0.2, 0.25) is 0 Å². The molecule has 0 spiro atoms. The molecule has 1 saturated carbocycles. The fourth-order valence-electron chi connectivity index (χ4n) is 4.15. The van der Waals surface area contributed by atoms with E-state index in [1.54, 1.807) is 8.61 Å². The van der Waals surface area contributed by atoms with Crippen LogP contribution in [0.5, 0.6) is 0 Å². The van der Waals surface area contributed by atoms with Gasteiger partial charge in [0.15, 0.2) is 0 Å². The van der Waals surface area contributed by atoms with Crippen LogP contribution in [-0.4, -0.2) is 61.5 Å². The number of nitrogens with zero attached hydrogens (tertiary/aromatic N) is 2. The van der Waals surface area contributed by atoms with E-state index in [9.17, 15) is 8.42 Å². The largest absolute Gasteiger partial charge is 0.373 e. The van der Waals surface area contributed by atoms with Gasteiger partial charge in [0.05, 0.1) is 12.2 Å². The van der Waals surface area contributed by atoms with Crippen molar-refractivity contribution >= 4 is 22.6 Å². The van der Waals surface area contributed by atoms with Gasteiger partial charge in [-0.3, -0.25) is 0 Å². The molecule has 2 saturated heterocycles. The minimum absolute atomic E-state index is 0. The molecule has 5 atom stereocenters. The Balaban J connectivity index is 0.00000176. The van der Waals surface area contributed by atoms with Crippen molar-refractivity contribution in [3.05, 3.63) is 0 Å². The highest BCUT2D eigenvalue weighted by Gasteiger charge is 2.45. The summed E-state index contributed by atoms with van der Waals surface area (Å²) >= 11 is 0. The van der Waals surface area contributed by atoms with E-state index in [0.29, 0.717) is 38.0 Å². The highest BCUT2D eigenvalue weighted by Crippen LogP contribution is 2.37. The SMILES string of the molecule is CC1CN(S(=O)(=O)N2CC3CCCC(N)C3C2)CC(C)O1.Cl. The molecule has 0 radical (unpaired) electrons. The van der Waals surface area contributed by atoms with Gasteiger partial charge < -0.3 is 10.5 Å². The summed E-state index contributed by atoms with van der Waals surface area (Å²) in [5.74, 6) is 0.781. The van der Waals surface area contributed by atoms with Crippen LogP contribution in [-0.2, 0) is 14.9 Å². The van der Waals surface area contributed by atoms with E-state index in [1.165, 1.54) is 0 Å². The van der Waals surface area contributed by atoms with Gasteiger partial charge in [-0.1, -0.05) is 6.42 Å². The van der Waals surface area contributed by atoms with Crippen molar-refractivity contribution in [3.8, 4) is 0 Å². The van der Waals surface area contributed by atoms with Crippen molar-refractivity contribution < 1.29 is 13.2 Å². The van der Waals surface area contributed by atoms with Gasteiger partial charge in [0.1, 0.15) is 0 Å². The van der Waals surface area contributed by atoms with E-state index in [1.807, 2.05) is 13.8 Å². The molecule has 130 valence electrons. The van der Waals surface area contributed by atoms with Crippen molar-refractivity contribution in [2.45, 2.75) is 51.4 Å². The van der Waals surface area contributed by atoms with Gasteiger partial charge in [-0.25, -0.2) is 0 Å². The summed E-state index contributed by atoms with van der Waals surface area (Å²) in [7, 11) is -3.38. The normalized spacial score (nSPS) is 41.0. The number of halogens is 1. The first-order valence-electron chi connectivity index (χ1n) is 8.04. The summed E-state index contributed by atoms with van der Waals surface area (Å²) in [6, 6.07) is 0.159. The second-order valence-electron chi connectivity index (χ2n) is 6.92. The monoisotopic (exact) mass is 353 g/mol. The number of rotatable bonds is 2. The third-order valence-corrected chi connectivity index (χ3v) is 7.06. The molecule has 5 unspecified atom stereocenters. The van der Waals surface area contributed by atoms with Crippen LogP contribution >= 0.6 is 12.4 Å². The smallest absolute Gasteiger partial charge is 0.282 e. The zero-order chi connectivity index (χ0) is 15.2. The molecule has 0 bridgehead atoms. The summed E-state index contributed by atoms with van der Waals surface area (Å²) in [6.45, 7) is 5.99. The lowest BCUT2D eigenvalue weighted by molar-refractivity contribution is -0.0453. The second kappa shape index (κ2) is 6.91. The average molecular weight is 354 g/mol. The maximum Gasteiger partial charge on any atom is 0.282 e. The number of morpholine rings is 1. The van der Waals surface area contributed by atoms with Crippen LogP contribution in [0.15, 0.2) is 0 Å². The van der Waals surface area contributed by atoms with Crippen molar-refractivity contribution in [3.63, 3.8) is 0 Å². The van der Waals surface area contributed by atoms with Crippen molar-refractivity contribution in [2.75, 3.05) is 26.2 Å². The van der Waals surface area contributed by atoms with E-state index < -0.39 is 10.2 Å². The number of hydrogen-bond donors (Lipinski definition) is 1. The molecule has 0 aromatic carbocycles. The lowest BCUT2D eigenvalue weighted by Gasteiger charge is -2.36. The molecule has 2 N–H and O–H groups in total. The summed E-state index contributed by atoms with van der Waals surface area (Å²) in [5, 5.41) is 0. The number of ether oxygens (including phenoxy) is 1. The van der Waals surface area contributed by atoms with Gasteiger partial charge in [0, 0.05) is 32.2 Å². The molecule has 0 aromatic heterocycles. The Morgan fingerprint density at radius 1 is 1.00 bits per heavy atom. The lowest BCUT2D eigenvalue weighted by Crippen LogP contribution is -2.52. The van der Waals surface area contributed by atoms with Crippen LogP contribution in [0.1, 0.15) is 33.1 Å². The standard InChI is InChI=1S/C14H27N3O3S.ClH/c1-10-6-16(7-11(2)20-10)21(18,19)17-8-12-4-3-5-14(15)13(12)9-17;/h10-14H,3-9,15H2,1-2H3;1H. The van der Waals surface area contributed by atoms with Crippen LogP contribution < -0.4 is 5.73 Å². The Morgan fingerprint density at radius 3 is 2.18 bits per heavy atom. The summed E-state index contributed by atoms with van der Waals surface area (Å²) in [4.78, 5) is 0. The Bertz CT molecular complexity index is 480. The quantitative estimate of drug-likeness (QED) is 0.797. The maximum atomic E-state index is 12.9.